The normalized spacial score (nSPS) is 30.5. The quantitative estimate of drug-likeness (QED) is 0.716. The van der Waals surface area contributed by atoms with E-state index in [1.807, 2.05) is 0 Å². The number of carboxylic acids is 1. The van der Waals surface area contributed by atoms with Gasteiger partial charge in [-0.05, 0) is 39.2 Å². The molecule has 3 atom stereocenters. The second-order valence-corrected chi connectivity index (χ2v) is 6.50. The van der Waals surface area contributed by atoms with Crippen LogP contribution in [0.15, 0.2) is 0 Å². The number of carbonyl (C=O) groups is 2. The van der Waals surface area contributed by atoms with Gasteiger partial charge in [-0.2, -0.15) is 0 Å². The number of urea groups is 1. The molecule has 2 fully saturated rings. The fourth-order valence-corrected chi connectivity index (χ4v) is 3.50. The Bertz CT molecular complexity index is 374. The molecule has 2 aliphatic heterocycles. The number of hydrogen-bond donors (Lipinski definition) is 3. The van der Waals surface area contributed by atoms with Crippen molar-refractivity contribution >= 4 is 12.0 Å². The van der Waals surface area contributed by atoms with Gasteiger partial charge < -0.3 is 20.6 Å². The summed E-state index contributed by atoms with van der Waals surface area (Å²) in [7, 11) is 2.19. The third-order valence-corrected chi connectivity index (χ3v) is 4.96. The molecule has 0 spiro atoms. The maximum Gasteiger partial charge on any atom is 0.315 e. The Labute approximate surface area is 126 Å². The molecule has 2 aliphatic rings. The highest BCUT2D eigenvalue weighted by Crippen LogP contribution is 2.32. The number of nitrogens with one attached hydrogen (secondary N) is 2. The van der Waals surface area contributed by atoms with Crippen LogP contribution in [0.5, 0.6) is 0 Å². The second kappa shape index (κ2) is 7.11. The SMILES string of the molecule is CC(CCNC(=O)NC1CC2CCCC(C1)N2C)C(=O)O. The van der Waals surface area contributed by atoms with Crippen molar-refractivity contribution in [1.29, 1.82) is 0 Å². The van der Waals surface area contributed by atoms with E-state index in [1.165, 1.54) is 19.3 Å². The first kappa shape index (κ1) is 16.1. The van der Waals surface area contributed by atoms with Crippen LogP contribution in [0.25, 0.3) is 0 Å². The standard InChI is InChI=1S/C15H27N3O3/c1-10(14(19)20)6-7-16-15(21)17-11-8-12-4-3-5-13(9-11)18(12)2/h10-13H,3-9H2,1-2H3,(H,19,20)(H2,16,17,21). The van der Waals surface area contributed by atoms with Crippen molar-refractivity contribution in [2.45, 2.75) is 63.6 Å². The predicted molar refractivity (Wildman–Crippen MR) is 80.2 cm³/mol. The molecule has 2 rings (SSSR count). The van der Waals surface area contributed by atoms with Gasteiger partial charge >= 0.3 is 12.0 Å². The lowest BCUT2D eigenvalue weighted by atomic mass is 9.82. The Kier molecular flexibility index (Phi) is 5.45. The third kappa shape index (κ3) is 4.33. The molecular weight excluding hydrogens is 270 g/mol. The van der Waals surface area contributed by atoms with Crippen LogP contribution < -0.4 is 10.6 Å². The molecule has 0 aromatic carbocycles. The highest BCUT2D eigenvalue weighted by molar-refractivity contribution is 5.74. The Hall–Kier alpha value is -1.30. The topological polar surface area (TPSA) is 81.7 Å². The van der Waals surface area contributed by atoms with E-state index in [2.05, 4.69) is 22.6 Å². The minimum Gasteiger partial charge on any atom is -0.481 e. The Balaban J connectivity index is 1.70. The van der Waals surface area contributed by atoms with Gasteiger partial charge in [0.2, 0.25) is 0 Å². The minimum absolute atomic E-state index is 0.166. The number of amides is 2. The minimum atomic E-state index is -0.819. The van der Waals surface area contributed by atoms with Crippen molar-refractivity contribution in [1.82, 2.24) is 15.5 Å². The van der Waals surface area contributed by atoms with Gasteiger partial charge in [-0.1, -0.05) is 13.3 Å². The molecule has 0 aromatic heterocycles. The van der Waals surface area contributed by atoms with Crippen LogP contribution in [0.1, 0.15) is 45.4 Å². The highest BCUT2D eigenvalue weighted by Gasteiger charge is 2.36. The zero-order chi connectivity index (χ0) is 15.4. The smallest absolute Gasteiger partial charge is 0.315 e. The van der Waals surface area contributed by atoms with Crippen LogP contribution in [0, 0.1) is 5.92 Å². The van der Waals surface area contributed by atoms with Gasteiger partial charge in [0.15, 0.2) is 0 Å². The largest absolute Gasteiger partial charge is 0.481 e. The zero-order valence-corrected chi connectivity index (χ0v) is 13.0. The monoisotopic (exact) mass is 297 g/mol. The first-order chi connectivity index (χ1) is 9.97. The fraction of sp³-hybridized carbons (Fsp3) is 0.867. The fourth-order valence-electron chi connectivity index (χ4n) is 3.50. The zero-order valence-electron chi connectivity index (χ0n) is 13.0. The van der Waals surface area contributed by atoms with E-state index in [0.29, 0.717) is 25.0 Å². The highest BCUT2D eigenvalue weighted by atomic mass is 16.4. The molecule has 2 amide bonds. The third-order valence-electron chi connectivity index (χ3n) is 4.96. The van der Waals surface area contributed by atoms with Gasteiger partial charge in [0, 0.05) is 24.7 Å². The molecule has 0 aliphatic carbocycles. The Morgan fingerprint density at radius 1 is 1.29 bits per heavy atom. The van der Waals surface area contributed by atoms with Crippen molar-refractivity contribution in [2.75, 3.05) is 13.6 Å². The summed E-state index contributed by atoms with van der Waals surface area (Å²) in [4.78, 5) is 25.0. The molecule has 2 bridgehead atoms. The molecule has 120 valence electrons. The van der Waals surface area contributed by atoms with Gasteiger partial charge in [0.25, 0.3) is 0 Å². The van der Waals surface area contributed by atoms with E-state index >= 15 is 0 Å². The molecule has 3 unspecified atom stereocenters. The van der Waals surface area contributed by atoms with Crippen molar-refractivity contribution in [2.24, 2.45) is 5.92 Å². The van der Waals surface area contributed by atoms with Crippen LogP contribution in [-0.2, 0) is 4.79 Å². The van der Waals surface area contributed by atoms with Crippen LogP contribution in [0.3, 0.4) is 0 Å². The molecule has 0 saturated carbocycles. The van der Waals surface area contributed by atoms with E-state index in [9.17, 15) is 9.59 Å². The Morgan fingerprint density at radius 2 is 1.90 bits per heavy atom. The van der Waals surface area contributed by atoms with Crippen LogP contribution in [0.4, 0.5) is 4.79 Å². The van der Waals surface area contributed by atoms with Gasteiger partial charge in [-0.3, -0.25) is 4.79 Å². The van der Waals surface area contributed by atoms with Crippen molar-refractivity contribution in [3.05, 3.63) is 0 Å². The van der Waals surface area contributed by atoms with Crippen molar-refractivity contribution < 1.29 is 14.7 Å². The lowest BCUT2D eigenvalue weighted by Gasteiger charge is -2.47. The summed E-state index contributed by atoms with van der Waals surface area (Å²) in [6.45, 7) is 2.05. The van der Waals surface area contributed by atoms with E-state index in [0.717, 1.165) is 12.8 Å². The lowest BCUT2D eigenvalue weighted by molar-refractivity contribution is -0.141. The van der Waals surface area contributed by atoms with Crippen molar-refractivity contribution in [3.63, 3.8) is 0 Å². The molecule has 3 N–H and O–H groups in total. The van der Waals surface area contributed by atoms with E-state index in [-0.39, 0.29) is 12.1 Å². The summed E-state index contributed by atoms with van der Waals surface area (Å²) in [6.07, 6.45) is 6.25. The number of nitrogens with zero attached hydrogens (tertiary/aromatic N) is 1. The van der Waals surface area contributed by atoms with Crippen LogP contribution >= 0.6 is 0 Å². The number of hydrogen-bond acceptors (Lipinski definition) is 3. The average molecular weight is 297 g/mol. The van der Waals surface area contributed by atoms with Crippen molar-refractivity contribution in [3.8, 4) is 0 Å². The molecular formula is C15H27N3O3. The maximum atomic E-state index is 11.9. The summed E-state index contributed by atoms with van der Waals surface area (Å²) in [5.41, 5.74) is 0. The molecule has 2 saturated heterocycles. The molecule has 0 aromatic rings. The molecule has 6 nitrogen and oxygen atoms in total. The summed E-state index contributed by atoms with van der Waals surface area (Å²) in [5.74, 6) is -1.24. The summed E-state index contributed by atoms with van der Waals surface area (Å²) in [6, 6.07) is 1.26. The first-order valence-electron chi connectivity index (χ1n) is 7.96. The number of carbonyl (C=O) groups excluding carboxylic acids is 1. The molecule has 0 radical (unpaired) electrons. The average Bonchev–Trinajstić information content (AvgIpc) is 2.39. The van der Waals surface area contributed by atoms with Gasteiger partial charge in [-0.15, -0.1) is 0 Å². The van der Waals surface area contributed by atoms with Crippen LogP contribution in [0.2, 0.25) is 0 Å². The number of carboxylic acid groups (broad SMARTS) is 1. The molecule has 21 heavy (non-hydrogen) atoms. The first-order valence-corrected chi connectivity index (χ1v) is 7.96. The van der Waals surface area contributed by atoms with Gasteiger partial charge in [-0.25, -0.2) is 4.79 Å². The van der Waals surface area contributed by atoms with E-state index < -0.39 is 11.9 Å². The van der Waals surface area contributed by atoms with E-state index in [1.54, 1.807) is 6.92 Å². The van der Waals surface area contributed by atoms with Gasteiger partial charge in [0.1, 0.15) is 0 Å². The number of rotatable bonds is 5. The number of aliphatic carboxylic acids is 1. The van der Waals surface area contributed by atoms with E-state index in [4.69, 9.17) is 5.11 Å². The predicted octanol–water partition coefficient (Wildman–Crippen LogP) is 1.41. The second-order valence-electron chi connectivity index (χ2n) is 6.50. The van der Waals surface area contributed by atoms with Gasteiger partial charge in [0.05, 0.1) is 5.92 Å². The molecule has 2 heterocycles. The van der Waals surface area contributed by atoms with Crippen LogP contribution in [-0.4, -0.2) is 53.7 Å². The maximum absolute atomic E-state index is 11.9. The summed E-state index contributed by atoms with van der Waals surface area (Å²) < 4.78 is 0. The Morgan fingerprint density at radius 3 is 2.48 bits per heavy atom. The number of fused-ring (bicyclic) bond motifs is 2. The molecule has 6 heteroatoms. The lowest BCUT2D eigenvalue weighted by Crippen LogP contribution is -2.56. The summed E-state index contributed by atoms with van der Waals surface area (Å²) in [5, 5.41) is 14.6. The number of piperidine rings is 2. The summed E-state index contributed by atoms with van der Waals surface area (Å²) >= 11 is 0.